The molecule has 0 saturated carbocycles. The van der Waals surface area contributed by atoms with Gasteiger partial charge in [0.25, 0.3) is 0 Å². The van der Waals surface area contributed by atoms with Crippen molar-refractivity contribution >= 4 is 62.6 Å². The zero-order valence-corrected chi connectivity index (χ0v) is 49.7. The van der Waals surface area contributed by atoms with Crippen LogP contribution in [0.4, 0.5) is 20.8 Å². The van der Waals surface area contributed by atoms with Gasteiger partial charge >= 0.3 is 12.1 Å². The Balaban J connectivity index is 0.656. The molecule has 442 valence electrons. The molecule has 84 heavy (non-hydrogen) atoms. The van der Waals surface area contributed by atoms with Crippen molar-refractivity contribution in [3.05, 3.63) is 101 Å². The molecule has 8 atom stereocenters. The number of likely N-dealkylation sites (N-methyl/N-ethyl adjacent to an activating group) is 1. The van der Waals surface area contributed by atoms with Crippen LogP contribution in [-0.2, 0) is 20.7 Å². The molecule has 0 aliphatic carbocycles. The van der Waals surface area contributed by atoms with E-state index in [0.717, 1.165) is 70.1 Å². The van der Waals surface area contributed by atoms with Crippen molar-refractivity contribution in [3.63, 3.8) is 0 Å². The maximum absolute atomic E-state index is 17.2. The van der Waals surface area contributed by atoms with Crippen LogP contribution in [0.1, 0.15) is 108 Å². The number of carbonyl (C=O) groups is 3. The highest BCUT2D eigenvalue weighted by Gasteiger charge is 2.42. The largest absolute Gasteiger partial charge is 0.508 e. The van der Waals surface area contributed by atoms with Gasteiger partial charge in [-0.3, -0.25) is 19.5 Å². The molecular weight excluding hydrogens is 1090 g/mol. The minimum absolute atomic E-state index is 0.0213. The minimum Gasteiger partial charge on any atom is -0.508 e. The molecule has 0 radical (unpaired) electrons. The van der Waals surface area contributed by atoms with Crippen LogP contribution in [0.5, 0.6) is 11.8 Å². The maximum atomic E-state index is 17.2. The molecule has 3 amide bonds. The third-order valence-corrected chi connectivity index (χ3v) is 19.2. The Bertz CT molecular complexity index is 3570. The number of likely N-dealkylation sites (tertiary alicyclic amines) is 2. The zero-order valence-electron chi connectivity index (χ0n) is 48.9. The number of aryl methyl sites for hydroxylation is 2. The van der Waals surface area contributed by atoms with E-state index in [1.54, 1.807) is 39.5 Å². The first-order chi connectivity index (χ1) is 40.6. The van der Waals surface area contributed by atoms with Gasteiger partial charge in [-0.1, -0.05) is 68.4 Å². The molecule has 4 aromatic heterocycles. The number of carbonyl (C=O) groups excluding carboxylic acids is 3. The Morgan fingerprint density at radius 3 is 2.40 bits per heavy atom. The topological polar surface area (TPSA) is 208 Å². The van der Waals surface area contributed by atoms with Gasteiger partial charge in [0.2, 0.25) is 11.8 Å². The number of amides is 3. The molecule has 5 aliphatic rings. The van der Waals surface area contributed by atoms with E-state index in [9.17, 15) is 19.5 Å². The zero-order chi connectivity index (χ0) is 58.5. The molecule has 0 spiro atoms. The number of pyridine rings is 1. The highest BCUT2D eigenvalue weighted by molar-refractivity contribution is 7.13. The van der Waals surface area contributed by atoms with Gasteiger partial charge in [0.1, 0.15) is 48.0 Å². The highest BCUT2D eigenvalue weighted by atomic mass is 32.1. The molecule has 12 rings (SSSR count). The number of phenols is 1. The number of rotatable bonds is 16. The fourth-order valence-electron chi connectivity index (χ4n) is 13.5. The first-order valence-electron chi connectivity index (χ1n) is 29.8. The fourth-order valence-corrected chi connectivity index (χ4v) is 14.3. The standard InChI is InChI=1S/C63H75FN12O7S/c1-8-39-11-9-12-42-25-47(77)26-48(54(39)42)56-55(64)57-49(28-65-56)59(74-30-43-18-19-44(31-74)68-43)70-62(69-57)81-32-45-20-21-46(72(45)7)33-82-63(80)75-24-23-73(29-36(75)4)52-27-51(83-71-52)53(35(2)3)61(79)76-22-10-13-50(76)60(78)67-37(5)40-14-16-41(17-15-40)58-38(6)66-34-84-58/h9,11-12,14-17,25-28,34-37,43-46,50,53,68,77H,8,10,13,18-24,29-33H2,1-7H3,(H,67,78)/t36-,37-,43?,44?,45-,46-,50-,53+/m0/s1. The average Bonchev–Trinajstić information content (AvgIpc) is 4.33. The van der Waals surface area contributed by atoms with Gasteiger partial charge in [-0.25, -0.2) is 14.2 Å². The molecule has 5 saturated heterocycles. The van der Waals surface area contributed by atoms with Crippen molar-refractivity contribution < 1.29 is 37.9 Å². The summed E-state index contributed by atoms with van der Waals surface area (Å²) in [5.41, 5.74) is 6.62. The third-order valence-electron chi connectivity index (χ3n) is 18.2. The number of piperazine rings is 2. The summed E-state index contributed by atoms with van der Waals surface area (Å²) in [4.78, 5) is 71.9. The van der Waals surface area contributed by atoms with Gasteiger partial charge in [-0.05, 0) is 118 Å². The summed E-state index contributed by atoms with van der Waals surface area (Å²) in [7, 11) is 2.00. The number of benzene rings is 3. The van der Waals surface area contributed by atoms with Crippen LogP contribution in [0.2, 0.25) is 0 Å². The van der Waals surface area contributed by atoms with E-state index in [-0.39, 0.29) is 84.2 Å². The van der Waals surface area contributed by atoms with Crippen LogP contribution in [-0.4, -0.2) is 159 Å². The van der Waals surface area contributed by atoms with Crippen molar-refractivity contribution in [2.45, 2.75) is 135 Å². The quantitative estimate of drug-likeness (QED) is 0.0823. The molecule has 3 aromatic carbocycles. The fraction of sp³-hybridized carbons (Fsp3) is 0.492. The SMILES string of the molecule is CCc1cccc2cc(O)cc(-c3ncc4c(N5CC6CCC(C5)N6)nc(OC[C@@H]5CC[C@@H](COC(=O)N6CCN(c7cc([C@H](C(=O)N8CCC[C@H]8C(=O)N[C@@H](C)c8ccc(-c9scnc9C)cc8)C(C)C)on7)C[C@@H]6C)N5C)nc4c3F)c12. The van der Waals surface area contributed by atoms with Crippen LogP contribution in [0.25, 0.3) is 43.4 Å². The summed E-state index contributed by atoms with van der Waals surface area (Å²) in [6.45, 7) is 15.7. The molecule has 2 bridgehead atoms. The summed E-state index contributed by atoms with van der Waals surface area (Å²) in [5.74, 6) is -0.0736. The Morgan fingerprint density at radius 2 is 1.68 bits per heavy atom. The van der Waals surface area contributed by atoms with E-state index in [0.29, 0.717) is 92.5 Å². The Hall–Kier alpha value is -7.49. The number of phenolic OH excluding ortho intramolecular Hbond substituents is 1. The number of hydrogen-bond acceptors (Lipinski definition) is 17. The number of aromatic nitrogens is 5. The molecule has 3 N–H and O–H groups in total. The predicted octanol–water partition coefficient (Wildman–Crippen LogP) is 9.41. The van der Waals surface area contributed by atoms with E-state index in [1.807, 2.05) is 83.6 Å². The second-order valence-electron chi connectivity index (χ2n) is 24.0. The third kappa shape index (κ3) is 11.2. The summed E-state index contributed by atoms with van der Waals surface area (Å²) in [6.07, 6.45) is 6.95. The Morgan fingerprint density at radius 1 is 0.905 bits per heavy atom. The number of aromatic hydroxyl groups is 1. The molecule has 5 aliphatic heterocycles. The van der Waals surface area contributed by atoms with Crippen LogP contribution in [0.15, 0.2) is 76.9 Å². The lowest BCUT2D eigenvalue weighted by atomic mass is 9.91. The van der Waals surface area contributed by atoms with Crippen molar-refractivity contribution in [3.8, 4) is 33.5 Å². The van der Waals surface area contributed by atoms with Gasteiger partial charge in [0.05, 0.1) is 27.5 Å². The Kier molecular flexibility index (Phi) is 16.2. The summed E-state index contributed by atoms with van der Waals surface area (Å²) < 4.78 is 35.7. The Labute approximate surface area is 492 Å². The molecule has 19 nitrogen and oxygen atoms in total. The van der Waals surface area contributed by atoms with Gasteiger partial charge in [-0.15, -0.1) is 11.3 Å². The highest BCUT2D eigenvalue weighted by Crippen LogP contribution is 2.40. The van der Waals surface area contributed by atoms with Crippen LogP contribution in [0.3, 0.4) is 0 Å². The van der Waals surface area contributed by atoms with Crippen molar-refractivity contribution in [2.24, 2.45) is 5.92 Å². The van der Waals surface area contributed by atoms with E-state index < -0.39 is 17.8 Å². The molecule has 2 unspecified atom stereocenters. The number of nitrogens with one attached hydrogen (secondary N) is 2. The summed E-state index contributed by atoms with van der Waals surface area (Å²) in [6, 6.07) is 18.6. The van der Waals surface area contributed by atoms with Crippen molar-refractivity contribution in [1.29, 1.82) is 0 Å². The van der Waals surface area contributed by atoms with Crippen molar-refractivity contribution in [1.82, 2.24) is 50.4 Å². The number of thiazole rings is 1. The number of anilines is 2. The van der Waals surface area contributed by atoms with E-state index in [2.05, 4.69) is 54.5 Å². The lowest BCUT2D eigenvalue weighted by molar-refractivity contribution is -0.141. The smallest absolute Gasteiger partial charge is 0.410 e. The van der Waals surface area contributed by atoms with Gasteiger partial charge in [-0.2, -0.15) is 9.97 Å². The normalized spacial score (nSPS) is 22.6. The van der Waals surface area contributed by atoms with E-state index in [1.165, 1.54) is 0 Å². The number of hydrogen-bond donors (Lipinski definition) is 3. The first-order valence-corrected chi connectivity index (χ1v) is 30.7. The van der Waals surface area contributed by atoms with Gasteiger partial charge < -0.3 is 49.3 Å². The molecule has 9 heterocycles. The van der Waals surface area contributed by atoms with Crippen LogP contribution in [0, 0.1) is 18.7 Å². The molecule has 21 heteroatoms. The first kappa shape index (κ1) is 57.0. The molecule has 5 fully saturated rings. The molecule has 7 aromatic rings. The second kappa shape index (κ2) is 23.9. The minimum atomic E-state index is -0.643. The number of fused-ring (bicyclic) bond motifs is 4. The maximum Gasteiger partial charge on any atom is 0.410 e. The number of nitrogens with zero attached hydrogens (tertiary/aromatic N) is 10. The van der Waals surface area contributed by atoms with Crippen molar-refractivity contribution in [2.75, 3.05) is 69.3 Å². The van der Waals surface area contributed by atoms with E-state index in [4.69, 9.17) is 28.9 Å². The lowest BCUT2D eigenvalue weighted by Gasteiger charge is -2.39. The van der Waals surface area contributed by atoms with Gasteiger partial charge in [0.15, 0.2) is 17.4 Å². The monoisotopic (exact) mass is 1160 g/mol. The number of ether oxygens (including phenoxy) is 2. The van der Waals surface area contributed by atoms with Crippen LogP contribution < -0.4 is 25.2 Å². The average molecular weight is 1160 g/mol. The van der Waals surface area contributed by atoms with Crippen LogP contribution >= 0.6 is 11.3 Å². The second-order valence-corrected chi connectivity index (χ2v) is 24.8. The molecular formula is C63H75FN12O7S. The lowest BCUT2D eigenvalue weighted by Crippen LogP contribution is -2.54. The summed E-state index contributed by atoms with van der Waals surface area (Å²) in [5, 5.41) is 24.2. The predicted molar refractivity (Wildman–Crippen MR) is 321 cm³/mol. The van der Waals surface area contributed by atoms with Gasteiger partial charge in [0, 0.05) is 87.3 Å². The van der Waals surface area contributed by atoms with E-state index >= 15 is 4.39 Å². The summed E-state index contributed by atoms with van der Waals surface area (Å²) >= 11 is 1.60. The number of halogens is 1.